The highest BCUT2D eigenvalue weighted by Gasteiger charge is 1.98. The molecule has 0 N–H and O–H groups in total. The summed E-state index contributed by atoms with van der Waals surface area (Å²) < 4.78 is 0.915. The normalized spacial score (nSPS) is 8.90. The quantitative estimate of drug-likeness (QED) is 0.532. The molecule has 50 valence electrons. The Hall–Kier alpha value is -0.340. The van der Waals surface area contributed by atoms with Crippen molar-refractivity contribution in [2.45, 2.75) is 0 Å². The predicted molar refractivity (Wildman–Crippen MR) is 46.7 cm³/mol. The highest BCUT2D eigenvalue weighted by Crippen LogP contribution is 2.13. The zero-order valence-corrected chi connectivity index (χ0v) is 7.72. The average Bonchev–Trinajstić information content (AvgIpc) is 1.94. The Morgan fingerprint density at radius 3 is 2.90 bits per heavy atom. The number of hydrogen-bond acceptors (Lipinski definition) is 2. The van der Waals surface area contributed by atoms with Crippen molar-refractivity contribution in [3.63, 3.8) is 0 Å². The SMILES string of the molecule is N#Cc1cc(I)cnc1Cl. The summed E-state index contributed by atoms with van der Waals surface area (Å²) >= 11 is 7.63. The van der Waals surface area contributed by atoms with Crippen LogP contribution in [-0.2, 0) is 0 Å². The zero-order valence-electron chi connectivity index (χ0n) is 4.81. The summed E-state index contributed by atoms with van der Waals surface area (Å²) in [4.78, 5) is 3.78. The lowest BCUT2D eigenvalue weighted by Crippen LogP contribution is -1.82. The third kappa shape index (κ3) is 1.58. The minimum Gasteiger partial charge on any atom is -0.242 e. The third-order valence-electron chi connectivity index (χ3n) is 0.926. The smallest absolute Gasteiger partial charge is 0.146 e. The molecule has 1 rings (SSSR count). The fourth-order valence-electron chi connectivity index (χ4n) is 0.501. The van der Waals surface area contributed by atoms with Crippen molar-refractivity contribution < 1.29 is 0 Å². The lowest BCUT2D eigenvalue weighted by molar-refractivity contribution is 1.28. The van der Waals surface area contributed by atoms with Crippen molar-refractivity contribution in [2.24, 2.45) is 0 Å². The Morgan fingerprint density at radius 1 is 1.70 bits per heavy atom. The van der Waals surface area contributed by atoms with E-state index in [0.717, 1.165) is 3.57 Å². The van der Waals surface area contributed by atoms with Gasteiger partial charge >= 0.3 is 0 Å². The number of pyridine rings is 1. The first kappa shape index (κ1) is 7.76. The van der Waals surface area contributed by atoms with Crippen molar-refractivity contribution in [3.8, 4) is 6.07 Å². The summed E-state index contributed by atoms with van der Waals surface area (Å²) in [7, 11) is 0. The van der Waals surface area contributed by atoms with E-state index in [-0.39, 0.29) is 5.15 Å². The van der Waals surface area contributed by atoms with Crippen molar-refractivity contribution in [1.82, 2.24) is 4.98 Å². The maximum absolute atomic E-state index is 8.47. The number of hydrogen-bond donors (Lipinski definition) is 0. The average molecular weight is 264 g/mol. The molecule has 0 amide bonds. The molecule has 4 heteroatoms. The largest absolute Gasteiger partial charge is 0.242 e. The molecule has 1 aromatic heterocycles. The van der Waals surface area contributed by atoms with Gasteiger partial charge in [-0.25, -0.2) is 4.98 Å². The molecular weight excluding hydrogens is 262 g/mol. The van der Waals surface area contributed by atoms with Crippen molar-refractivity contribution in [3.05, 3.63) is 26.5 Å². The Balaban J connectivity index is 3.25. The van der Waals surface area contributed by atoms with E-state index < -0.39 is 0 Å². The molecule has 0 saturated heterocycles. The molecule has 0 aliphatic rings. The van der Waals surface area contributed by atoms with Gasteiger partial charge in [0.25, 0.3) is 0 Å². The topological polar surface area (TPSA) is 36.7 Å². The second-order valence-electron chi connectivity index (χ2n) is 1.60. The van der Waals surface area contributed by atoms with Crippen LogP contribution in [0.3, 0.4) is 0 Å². The van der Waals surface area contributed by atoms with Gasteiger partial charge in [-0.3, -0.25) is 0 Å². The van der Waals surface area contributed by atoms with E-state index in [1.54, 1.807) is 12.3 Å². The zero-order chi connectivity index (χ0) is 7.56. The molecule has 0 saturated carbocycles. The van der Waals surface area contributed by atoms with Gasteiger partial charge in [0.1, 0.15) is 11.2 Å². The van der Waals surface area contributed by atoms with E-state index in [4.69, 9.17) is 16.9 Å². The molecule has 1 heterocycles. The van der Waals surface area contributed by atoms with E-state index in [1.165, 1.54) is 0 Å². The second-order valence-corrected chi connectivity index (χ2v) is 3.21. The highest BCUT2D eigenvalue weighted by atomic mass is 127. The van der Waals surface area contributed by atoms with Crippen LogP contribution < -0.4 is 0 Å². The van der Waals surface area contributed by atoms with Crippen molar-refractivity contribution in [1.29, 1.82) is 5.26 Å². The van der Waals surface area contributed by atoms with Crippen LogP contribution in [0, 0.1) is 14.9 Å². The van der Waals surface area contributed by atoms with E-state index in [0.29, 0.717) is 5.56 Å². The summed E-state index contributed by atoms with van der Waals surface area (Å²) in [6.07, 6.45) is 1.61. The summed E-state index contributed by atoms with van der Waals surface area (Å²) in [5, 5.41) is 8.73. The van der Waals surface area contributed by atoms with Gasteiger partial charge in [0.15, 0.2) is 0 Å². The fraction of sp³-hybridized carbons (Fsp3) is 0. The van der Waals surface area contributed by atoms with Gasteiger partial charge in [-0.15, -0.1) is 0 Å². The molecule has 0 aromatic carbocycles. The van der Waals surface area contributed by atoms with Gasteiger partial charge in [0.2, 0.25) is 0 Å². The fourth-order valence-corrected chi connectivity index (χ4v) is 1.10. The van der Waals surface area contributed by atoms with E-state index in [9.17, 15) is 0 Å². The number of aromatic nitrogens is 1. The van der Waals surface area contributed by atoms with E-state index in [2.05, 4.69) is 27.6 Å². The number of nitriles is 1. The predicted octanol–water partition coefficient (Wildman–Crippen LogP) is 2.21. The van der Waals surface area contributed by atoms with Crippen LogP contribution >= 0.6 is 34.2 Å². The summed E-state index contributed by atoms with van der Waals surface area (Å²) in [5.41, 5.74) is 0.425. The lowest BCUT2D eigenvalue weighted by atomic mass is 10.3. The van der Waals surface area contributed by atoms with Crippen molar-refractivity contribution in [2.75, 3.05) is 0 Å². The van der Waals surface area contributed by atoms with E-state index in [1.807, 2.05) is 6.07 Å². The molecule has 10 heavy (non-hydrogen) atoms. The first-order valence-corrected chi connectivity index (χ1v) is 3.91. The Kier molecular flexibility index (Phi) is 2.46. The number of rotatable bonds is 0. The van der Waals surface area contributed by atoms with Crippen LogP contribution in [0.15, 0.2) is 12.3 Å². The first-order chi connectivity index (χ1) is 4.74. The van der Waals surface area contributed by atoms with Gasteiger partial charge in [0, 0.05) is 9.77 Å². The first-order valence-electron chi connectivity index (χ1n) is 2.45. The van der Waals surface area contributed by atoms with E-state index >= 15 is 0 Å². The standard InChI is InChI=1S/C6H2ClIN2/c7-6-4(2-9)1-5(8)3-10-6/h1,3H. The molecule has 1 aromatic rings. The molecule has 0 bridgehead atoms. The Labute approximate surface area is 77.0 Å². The Morgan fingerprint density at radius 2 is 2.40 bits per heavy atom. The molecule has 0 spiro atoms. The molecule has 0 radical (unpaired) electrons. The molecule has 0 unspecified atom stereocenters. The van der Waals surface area contributed by atoms with Crippen LogP contribution in [0.5, 0.6) is 0 Å². The van der Waals surface area contributed by atoms with Crippen LogP contribution in [0.4, 0.5) is 0 Å². The minimum atomic E-state index is 0.267. The van der Waals surface area contributed by atoms with Crippen molar-refractivity contribution >= 4 is 34.2 Å². The molecular formula is C6H2ClIN2. The third-order valence-corrected chi connectivity index (χ3v) is 1.82. The molecule has 0 fully saturated rings. The summed E-state index contributed by atoms with van der Waals surface area (Å²) in [5.74, 6) is 0. The van der Waals surface area contributed by atoms with Gasteiger partial charge in [-0.2, -0.15) is 5.26 Å². The number of nitrogens with zero attached hydrogens (tertiary/aromatic N) is 2. The summed E-state index contributed by atoms with van der Waals surface area (Å²) in [6.45, 7) is 0. The monoisotopic (exact) mass is 264 g/mol. The van der Waals surface area contributed by atoms with Gasteiger partial charge in [-0.1, -0.05) is 11.6 Å². The molecule has 2 nitrogen and oxygen atoms in total. The lowest BCUT2D eigenvalue weighted by Gasteiger charge is -1.91. The van der Waals surface area contributed by atoms with Crippen LogP contribution in [0.25, 0.3) is 0 Å². The molecule has 0 aliphatic carbocycles. The maximum atomic E-state index is 8.47. The second kappa shape index (κ2) is 3.17. The highest BCUT2D eigenvalue weighted by molar-refractivity contribution is 14.1. The molecule has 0 atom stereocenters. The Bertz CT molecular complexity index is 292. The molecule has 0 aliphatic heterocycles. The van der Waals surface area contributed by atoms with Gasteiger partial charge in [-0.05, 0) is 28.7 Å². The van der Waals surface area contributed by atoms with Crippen LogP contribution in [0.1, 0.15) is 5.56 Å². The van der Waals surface area contributed by atoms with Gasteiger partial charge < -0.3 is 0 Å². The van der Waals surface area contributed by atoms with Crippen LogP contribution in [-0.4, -0.2) is 4.98 Å². The van der Waals surface area contributed by atoms with Gasteiger partial charge in [0.05, 0.1) is 5.56 Å². The minimum absolute atomic E-state index is 0.267. The summed E-state index contributed by atoms with van der Waals surface area (Å²) in [6, 6.07) is 3.63. The number of halogens is 2. The maximum Gasteiger partial charge on any atom is 0.146 e. The van der Waals surface area contributed by atoms with Crippen LogP contribution in [0.2, 0.25) is 5.15 Å².